The van der Waals surface area contributed by atoms with E-state index in [1.165, 1.54) is 128 Å². The van der Waals surface area contributed by atoms with Gasteiger partial charge in [-0.1, -0.05) is 81.1 Å². The third-order valence-corrected chi connectivity index (χ3v) is 19.5. The SMILES string of the molecule is CC.CC.CC12CC3C(CC1CCC2CCCC(=O)OCCCC1CCC2C4CCC5CCCCC5(C)C4CCC12C)C(O)CC1CCCCC13C. The van der Waals surface area contributed by atoms with Gasteiger partial charge in [0.2, 0.25) is 0 Å². The first-order valence-corrected chi connectivity index (χ1v) is 23.9. The number of rotatable bonds is 8. The molecule has 8 saturated carbocycles. The molecular formula is C49H86O3. The molecule has 0 aliphatic heterocycles. The average Bonchev–Trinajstić information content (AvgIpc) is 3.66. The monoisotopic (exact) mass is 723 g/mol. The second-order valence-electron chi connectivity index (χ2n) is 20.9. The highest BCUT2D eigenvalue weighted by Crippen LogP contribution is 2.69. The highest BCUT2D eigenvalue weighted by atomic mass is 16.5. The second kappa shape index (κ2) is 16.9. The molecule has 0 aromatic carbocycles. The Morgan fingerprint density at radius 3 is 1.92 bits per heavy atom. The quantitative estimate of drug-likeness (QED) is 0.200. The van der Waals surface area contributed by atoms with Gasteiger partial charge in [-0.2, -0.15) is 0 Å². The van der Waals surface area contributed by atoms with Crippen LogP contribution in [0.25, 0.3) is 0 Å². The van der Waals surface area contributed by atoms with Crippen LogP contribution < -0.4 is 0 Å². The minimum absolute atomic E-state index is 0.0554. The smallest absolute Gasteiger partial charge is 0.305 e. The summed E-state index contributed by atoms with van der Waals surface area (Å²) < 4.78 is 5.91. The summed E-state index contributed by atoms with van der Waals surface area (Å²) in [5, 5.41) is 11.3. The molecule has 0 saturated heterocycles. The normalized spacial score (nSPS) is 48.8. The van der Waals surface area contributed by atoms with Crippen molar-refractivity contribution in [3.63, 3.8) is 0 Å². The highest BCUT2D eigenvalue weighted by molar-refractivity contribution is 5.69. The maximum atomic E-state index is 12.9. The van der Waals surface area contributed by atoms with Gasteiger partial charge >= 0.3 is 5.97 Å². The molecular weight excluding hydrogens is 637 g/mol. The predicted molar refractivity (Wildman–Crippen MR) is 218 cm³/mol. The molecule has 300 valence electrons. The van der Waals surface area contributed by atoms with Crippen molar-refractivity contribution < 1.29 is 14.6 Å². The summed E-state index contributed by atoms with van der Waals surface area (Å²) in [5.74, 6) is 8.30. The van der Waals surface area contributed by atoms with Gasteiger partial charge in [0.05, 0.1) is 12.7 Å². The summed E-state index contributed by atoms with van der Waals surface area (Å²) in [6, 6.07) is 0. The zero-order valence-corrected chi connectivity index (χ0v) is 35.8. The summed E-state index contributed by atoms with van der Waals surface area (Å²) in [6.07, 6.45) is 31.6. The standard InChI is InChI=1S/C45H74O3.2C2H6/c1-42-23-7-5-11-30(42)18-20-35-37-21-19-31(44(37,3)25-22-38(35)42)14-10-26-48-41(47)15-9-13-32-16-17-34-27-36-39(29-45(32,34)4)43(2)24-8-6-12-33(43)28-40(36)46;2*1-2/h30-40,46H,5-29H2,1-4H3;2*1-2H3. The summed E-state index contributed by atoms with van der Waals surface area (Å²) in [7, 11) is 0. The average molecular weight is 723 g/mol. The fourth-order valence-electron chi connectivity index (χ4n) is 16.6. The molecule has 0 heterocycles. The van der Waals surface area contributed by atoms with Crippen molar-refractivity contribution in [1.82, 2.24) is 0 Å². The molecule has 15 unspecified atom stereocenters. The van der Waals surface area contributed by atoms with Crippen LogP contribution in [0, 0.1) is 80.8 Å². The number of carbonyl (C=O) groups is 1. The van der Waals surface area contributed by atoms with Gasteiger partial charge in [0.15, 0.2) is 0 Å². The Morgan fingerprint density at radius 2 is 1.17 bits per heavy atom. The van der Waals surface area contributed by atoms with E-state index in [-0.39, 0.29) is 12.1 Å². The third-order valence-electron chi connectivity index (χ3n) is 19.5. The fourth-order valence-corrected chi connectivity index (χ4v) is 16.6. The predicted octanol–water partition coefficient (Wildman–Crippen LogP) is 13.6. The number of aliphatic hydroxyl groups excluding tert-OH is 1. The van der Waals surface area contributed by atoms with E-state index in [9.17, 15) is 9.90 Å². The molecule has 52 heavy (non-hydrogen) atoms. The Kier molecular flexibility index (Phi) is 13.3. The second-order valence-corrected chi connectivity index (χ2v) is 20.9. The fraction of sp³-hybridized carbons (Fsp3) is 0.980. The van der Waals surface area contributed by atoms with Gasteiger partial charge in [0.1, 0.15) is 0 Å². The summed E-state index contributed by atoms with van der Waals surface area (Å²) in [4.78, 5) is 12.9. The lowest BCUT2D eigenvalue weighted by Crippen LogP contribution is -2.56. The van der Waals surface area contributed by atoms with Crippen molar-refractivity contribution in [2.75, 3.05) is 6.61 Å². The third kappa shape index (κ3) is 7.25. The molecule has 0 amide bonds. The number of hydrogen-bond acceptors (Lipinski definition) is 3. The Morgan fingerprint density at radius 1 is 0.577 bits per heavy atom. The van der Waals surface area contributed by atoms with Crippen molar-refractivity contribution in [3.8, 4) is 0 Å². The Balaban J connectivity index is 0.00000112. The van der Waals surface area contributed by atoms with Crippen LogP contribution in [-0.2, 0) is 9.53 Å². The van der Waals surface area contributed by atoms with Gasteiger partial charge in [0, 0.05) is 6.42 Å². The summed E-state index contributed by atoms with van der Waals surface area (Å²) in [5.41, 5.74) is 2.01. The molecule has 8 rings (SSSR count). The largest absolute Gasteiger partial charge is 0.466 e. The first kappa shape index (κ1) is 41.1. The number of ether oxygens (including phenoxy) is 1. The molecule has 3 nitrogen and oxygen atoms in total. The molecule has 15 atom stereocenters. The van der Waals surface area contributed by atoms with E-state index in [1.807, 2.05) is 27.7 Å². The van der Waals surface area contributed by atoms with Crippen LogP contribution in [0.2, 0.25) is 0 Å². The molecule has 0 aromatic rings. The van der Waals surface area contributed by atoms with Gasteiger partial charge in [-0.25, -0.2) is 0 Å². The zero-order valence-electron chi connectivity index (χ0n) is 35.8. The molecule has 0 radical (unpaired) electrons. The van der Waals surface area contributed by atoms with E-state index in [2.05, 4.69) is 27.7 Å². The van der Waals surface area contributed by atoms with E-state index in [0.29, 0.717) is 46.5 Å². The van der Waals surface area contributed by atoms with Crippen molar-refractivity contribution in [1.29, 1.82) is 0 Å². The number of carbonyl (C=O) groups excluding carboxylic acids is 1. The van der Waals surface area contributed by atoms with Gasteiger partial charge < -0.3 is 9.84 Å². The topological polar surface area (TPSA) is 46.5 Å². The van der Waals surface area contributed by atoms with E-state index in [4.69, 9.17) is 4.74 Å². The minimum atomic E-state index is -0.0672. The number of aliphatic hydroxyl groups is 1. The number of hydrogen-bond donors (Lipinski definition) is 1. The lowest BCUT2D eigenvalue weighted by atomic mass is 9.44. The van der Waals surface area contributed by atoms with Crippen molar-refractivity contribution in [3.05, 3.63) is 0 Å². The maximum absolute atomic E-state index is 12.9. The molecule has 0 bridgehead atoms. The first-order valence-electron chi connectivity index (χ1n) is 23.9. The molecule has 8 fully saturated rings. The van der Waals surface area contributed by atoms with Crippen LogP contribution in [0.3, 0.4) is 0 Å². The first-order chi connectivity index (χ1) is 25.1. The van der Waals surface area contributed by atoms with Crippen molar-refractivity contribution in [2.45, 2.75) is 216 Å². The molecule has 1 N–H and O–H groups in total. The molecule has 3 heteroatoms. The van der Waals surface area contributed by atoms with Crippen LogP contribution >= 0.6 is 0 Å². The van der Waals surface area contributed by atoms with Gasteiger partial charge in [0.25, 0.3) is 0 Å². The lowest BCUT2D eigenvalue weighted by molar-refractivity contribution is -0.153. The maximum Gasteiger partial charge on any atom is 0.305 e. The van der Waals surface area contributed by atoms with Crippen LogP contribution in [0.1, 0.15) is 209 Å². The molecule has 8 aliphatic rings. The molecule has 0 spiro atoms. The summed E-state index contributed by atoms with van der Waals surface area (Å²) in [6.45, 7) is 19.3. The Labute approximate surface area is 322 Å². The number of esters is 1. The van der Waals surface area contributed by atoms with Crippen LogP contribution in [0.15, 0.2) is 0 Å². The lowest BCUT2D eigenvalue weighted by Gasteiger charge is -2.61. The van der Waals surface area contributed by atoms with E-state index >= 15 is 0 Å². The Hall–Kier alpha value is -0.570. The van der Waals surface area contributed by atoms with E-state index in [0.717, 1.165) is 66.6 Å². The summed E-state index contributed by atoms with van der Waals surface area (Å²) >= 11 is 0. The molecule has 8 aliphatic carbocycles. The van der Waals surface area contributed by atoms with Gasteiger partial charge in [-0.05, 0) is 203 Å². The van der Waals surface area contributed by atoms with Crippen LogP contribution in [-0.4, -0.2) is 23.8 Å². The zero-order chi connectivity index (χ0) is 37.3. The van der Waals surface area contributed by atoms with Crippen LogP contribution in [0.4, 0.5) is 0 Å². The van der Waals surface area contributed by atoms with Crippen molar-refractivity contribution >= 4 is 5.97 Å². The van der Waals surface area contributed by atoms with E-state index in [1.54, 1.807) is 0 Å². The Bertz CT molecular complexity index is 1170. The highest BCUT2D eigenvalue weighted by Gasteiger charge is 2.61. The minimum Gasteiger partial charge on any atom is -0.466 e. The van der Waals surface area contributed by atoms with E-state index < -0.39 is 0 Å². The number of fused-ring (bicyclic) bond motifs is 9. The van der Waals surface area contributed by atoms with Crippen LogP contribution in [0.5, 0.6) is 0 Å². The van der Waals surface area contributed by atoms with Gasteiger partial charge in [-0.15, -0.1) is 0 Å². The van der Waals surface area contributed by atoms with Crippen molar-refractivity contribution in [2.24, 2.45) is 80.8 Å². The molecule has 0 aromatic heterocycles. The van der Waals surface area contributed by atoms with Gasteiger partial charge in [-0.3, -0.25) is 4.79 Å².